The molecule has 2 aliphatic rings. The van der Waals surface area contributed by atoms with E-state index in [1.54, 1.807) is 0 Å². The summed E-state index contributed by atoms with van der Waals surface area (Å²) in [5.41, 5.74) is -11.9. The number of alkyl halides is 6. The fourth-order valence-corrected chi connectivity index (χ4v) is 8.98. The average molecular weight is 883 g/mol. The van der Waals surface area contributed by atoms with Gasteiger partial charge in [-0.3, -0.25) is 19.2 Å². The molecule has 0 saturated heterocycles. The summed E-state index contributed by atoms with van der Waals surface area (Å²) in [5.74, 6) is -6.19. The van der Waals surface area contributed by atoms with E-state index in [2.05, 4.69) is 0 Å². The van der Waals surface area contributed by atoms with Crippen LogP contribution in [-0.2, 0) is 34.2 Å². The smallest absolute Gasteiger partial charge is 0.266 e. The van der Waals surface area contributed by atoms with E-state index in [1.807, 2.05) is 13.8 Å². The average Bonchev–Trinajstić information content (AvgIpc) is 3.52. The number of amides is 4. The molecule has 20 heteroatoms. The van der Waals surface area contributed by atoms with Crippen LogP contribution in [0.4, 0.5) is 26.3 Å². The van der Waals surface area contributed by atoms with Crippen LogP contribution in [0.3, 0.4) is 0 Å². The third-order valence-corrected chi connectivity index (χ3v) is 13.8. The molecule has 0 aliphatic carbocycles. The number of halogens is 6. The monoisotopic (exact) mass is 882 g/mol. The number of hydrogen-bond acceptors (Lipinski definition) is 10. The zero-order valence-electron chi connectivity index (χ0n) is 33.1. The van der Waals surface area contributed by atoms with Crippen molar-refractivity contribution in [1.29, 1.82) is 0 Å². The molecule has 0 aromatic heterocycles. The number of nitrogens with zero attached hydrogens (tertiary/aromatic N) is 2. The first-order chi connectivity index (χ1) is 27.5. The third kappa shape index (κ3) is 9.86. The van der Waals surface area contributed by atoms with Gasteiger partial charge >= 0.3 is 12.4 Å². The Labute approximate surface area is 339 Å². The van der Waals surface area contributed by atoms with E-state index < -0.39 is 106 Å². The van der Waals surface area contributed by atoms with Crippen molar-refractivity contribution in [2.24, 2.45) is 0 Å². The van der Waals surface area contributed by atoms with Gasteiger partial charge in [0.05, 0.1) is 32.8 Å². The number of carbonyl (C=O) groups is 4. The van der Waals surface area contributed by atoms with Gasteiger partial charge in [0, 0.05) is 0 Å². The van der Waals surface area contributed by atoms with E-state index in [-0.39, 0.29) is 47.2 Å². The Morgan fingerprint density at radius 3 is 1.14 bits per heavy atom. The molecule has 0 N–H and O–H groups in total. The van der Waals surface area contributed by atoms with E-state index >= 15 is 26.3 Å². The van der Waals surface area contributed by atoms with Crippen LogP contribution in [0.25, 0.3) is 0 Å². The highest BCUT2D eigenvalue weighted by Gasteiger charge is 2.73. The number of rotatable bonds is 22. The van der Waals surface area contributed by atoms with Gasteiger partial charge in [0.15, 0.2) is 0 Å². The second kappa shape index (κ2) is 18.8. The van der Waals surface area contributed by atoms with Crippen molar-refractivity contribution in [3.05, 3.63) is 69.8 Å². The zero-order chi connectivity index (χ0) is 44.1. The molecule has 4 amide bonds. The predicted octanol–water partition coefficient (Wildman–Crippen LogP) is 9.09. The van der Waals surface area contributed by atoms with E-state index in [4.69, 9.17) is 8.57 Å². The van der Waals surface area contributed by atoms with Crippen LogP contribution >= 0.6 is 0 Å². The Morgan fingerprint density at radius 2 is 0.814 bits per heavy atom. The first-order valence-corrected chi connectivity index (χ1v) is 22.5. The van der Waals surface area contributed by atoms with Crippen molar-refractivity contribution in [2.75, 3.05) is 0 Å². The second-order valence-corrected chi connectivity index (χ2v) is 18.8. The van der Waals surface area contributed by atoms with Crippen molar-refractivity contribution in [3.8, 4) is 0 Å². The number of carbonyl (C=O) groups excluding carboxylic acids is 4. The molecule has 2 unspecified atom stereocenters. The largest absolute Gasteiger partial charge is 0.411 e. The number of hydroxylamine groups is 4. The van der Waals surface area contributed by atoms with E-state index in [0.29, 0.717) is 37.8 Å². The lowest BCUT2D eigenvalue weighted by Gasteiger charge is -2.38. The molecule has 0 radical (unpaired) electrons. The summed E-state index contributed by atoms with van der Waals surface area (Å²) >= 11 is 0. The van der Waals surface area contributed by atoms with Crippen LogP contribution in [0, 0.1) is 0 Å². The van der Waals surface area contributed by atoms with Gasteiger partial charge in [-0.05, 0) is 62.1 Å². The summed E-state index contributed by atoms with van der Waals surface area (Å²) in [6.45, 7) is 6.57. The molecule has 0 bridgehead atoms. The summed E-state index contributed by atoms with van der Waals surface area (Å²) < 4.78 is 153. The minimum absolute atomic E-state index is 0.0778. The van der Waals surface area contributed by atoms with Crippen molar-refractivity contribution in [2.45, 2.75) is 146 Å². The topological polar surface area (TPSA) is 161 Å². The quantitative estimate of drug-likeness (QED) is 0.0634. The standard InChI is InChI=1S/C39H48F6N2O10S2/c1-5-7-9-11-13-15-17-25(3)58(52,53)56-46-33(48)29-21-19-27(23-31(29)35(46)50)37(38(40,41)42,39(43,44)45)28-20-22-30-32(24-28)36(51)47(34(30)49)57-59(54,55)26(4)18-16-14-12-10-8-6-2/h19-26H,5-18H2,1-4H3. The number of imide groups is 2. The number of unbranched alkanes of at least 4 members (excludes halogenated alkanes) is 10. The minimum Gasteiger partial charge on any atom is -0.266 e. The van der Waals surface area contributed by atoms with Gasteiger partial charge in [-0.25, -0.2) is 0 Å². The Hall–Kier alpha value is -3.88. The molecule has 59 heavy (non-hydrogen) atoms. The maximum Gasteiger partial charge on any atom is 0.411 e. The van der Waals surface area contributed by atoms with Gasteiger partial charge in [-0.15, -0.1) is 18.7 Å². The summed E-state index contributed by atoms with van der Waals surface area (Å²) in [6.07, 6.45) is -2.56. The lowest BCUT2D eigenvalue weighted by Crippen LogP contribution is -2.55. The Bertz CT molecular complexity index is 1970. The number of benzene rings is 2. The van der Waals surface area contributed by atoms with Gasteiger partial charge in [0.25, 0.3) is 43.9 Å². The summed E-state index contributed by atoms with van der Waals surface area (Å²) in [5, 5.41) is -2.94. The molecule has 0 spiro atoms. The normalized spacial score (nSPS) is 16.2. The molecule has 328 valence electrons. The van der Waals surface area contributed by atoms with E-state index in [9.17, 15) is 36.0 Å². The SMILES string of the molecule is CCCCCCCCC(C)S(=O)(=O)ON1C(=O)c2ccc(C(c3ccc4c(c3)C(=O)N(OS(=O)(=O)C(C)CCCCCCCC)C4=O)(C(F)(F)F)C(F)(F)F)cc2C1=O. The first-order valence-electron chi connectivity index (χ1n) is 19.5. The number of fused-ring (bicyclic) bond motifs is 2. The Balaban J connectivity index is 1.65. The molecule has 12 nitrogen and oxygen atoms in total. The van der Waals surface area contributed by atoms with Crippen LogP contribution in [-0.4, -0.2) is 73.4 Å². The maximum absolute atomic E-state index is 15.2. The van der Waals surface area contributed by atoms with Crippen molar-refractivity contribution < 1.29 is 70.9 Å². The van der Waals surface area contributed by atoms with E-state index in [0.717, 1.165) is 51.4 Å². The van der Waals surface area contributed by atoms with Crippen LogP contribution < -0.4 is 0 Å². The molecule has 0 saturated carbocycles. The van der Waals surface area contributed by atoms with Crippen LogP contribution in [0.1, 0.15) is 170 Å². The fourth-order valence-electron chi connectivity index (χ4n) is 7.09. The highest BCUT2D eigenvalue weighted by Crippen LogP contribution is 2.57. The predicted molar refractivity (Wildman–Crippen MR) is 202 cm³/mol. The van der Waals surface area contributed by atoms with Gasteiger partial charge in [-0.2, -0.15) is 43.2 Å². The highest BCUT2D eigenvalue weighted by molar-refractivity contribution is 7.87. The molecule has 2 aliphatic heterocycles. The summed E-state index contributed by atoms with van der Waals surface area (Å²) in [7, 11) is -9.37. The number of hydrogen-bond donors (Lipinski definition) is 0. The van der Waals surface area contributed by atoms with Gasteiger partial charge in [0.1, 0.15) is 0 Å². The fraction of sp³-hybridized carbons (Fsp3) is 0.590. The first kappa shape index (κ1) is 47.8. The van der Waals surface area contributed by atoms with Crippen LogP contribution in [0.5, 0.6) is 0 Å². The van der Waals surface area contributed by atoms with Crippen LogP contribution in [0.2, 0.25) is 0 Å². The summed E-state index contributed by atoms with van der Waals surface area (Å²) in [4.78, 5) is 52.9. The van der Waals surface area contributed by atoms with Gasteiger partial charge < -0.3 is 0 Å². The Morgan fingerprint density at radius 1 is 0.508 bits per heavy atom. The molecule has 2 aromatic carbocycles. The Kier molecular flexibility index (Phi) is 15.2. The molecule has 2 atom stereocenters. The molecule has 2 aromatic rings. The van der Waals surface area contributed by atoms with Crippen molar-refractivity contribution in [1.82, 2.24) is 10.1 Å². The summed E-state index contributed by atoms with van der Waals surface area (Å²) in [6, 6.07) is 1.80. The van der Waals surface area contributed by atoms with Crippen LogP contribution in [0.15, 0.2) is 36.4 Å². The van der Waals surface area contributed by atoms with Gasteiger partial charge in [0.2, 0.25) is 5.41 Å². The minimum atomic E-state index is -6.29. The highest BCUT2D eigenvalue weighted by atomic mass is 32.2. The molecule has 0 fully saturated rings. The third-order valence-electron chi connectivity index (χ3n) is 10.7. The molecule has 4 rings (SSSR count). The molecule has 2 heterocycles. The van der Waals surface area contributed by atoms with Gasteiger partial charge in [-0.1, -0.05) is 103 Å². The lowest BCUT2D eigenvalue weighted by atomic mass is 9.71. The maximum atomic E-state index is 15.2. The second-order valence-electron chi connectivity index (χ2n) is 14.9. The zero-order valence-corrected chi connectivity index (χ0v) is 34.7. The van der Waals surface area contributed by atoms with E-state index in [1.165, 1.54) is 13.8 Å². The lowest BCUT2D eigenvalue weighted by molar-refractivity contribution is -0.288. The van der Waals surface area contributed by atoms with Crippen molar-refractivity contribution in [3.63, 3.8) is 0 Å². The molecular formula is C39H48F6N2O10S2. The molecular weight excluding hydrogens is 835 g/mol. The van der Waals surface area contributed by atoms with Crippen molar-refractivity contribution >= 4 is 43.9 Å².